The minimum absolute atomic E-state index is 0.481. The van der Waals surface area contributed by atoms with Gasteiger partial charge in [-0.2, -0.15) is 0 Å². The lowest BCUT2D eigenvalue weighted by atomic mass is 9.86. The molecular weight excluding hydrogens is 198 g/mol. The molecule has 84 valence electrons. The maximum absolute atomic E-state index is 10.0. The zero-order valence-electron chi connectivity index (χ0n) is 9.39. The van der Waals surface area contributed by atoms with Crippen LogP contribution in [0.4, 0.5) is 5.69 Å². The van der Waals surface area contributed by atoms with E-state index in [9.17, 15) is 5.11 Å². The Morgan fingerprint density at radius 2 is 1.81 bits per heavy atom. The molecule has 2 aliphatic carbocycles. The molecule has 0 radical (unpaired) electrons. The number of hydrogen-bond donors (Lipinski definition) is 1. The van der Waals surface area contributed by atoms with Gasteiger partial charge in [0.15, 0.2) is 0 Å². The standard InChI is InChI=1S/C14H17NO/c16-14(5-6-14)11-1-3-12(4-2-11)15-9-10-7-13(15)8-10/h1-4,10,13,16H,5-9H2. The lowest BCUT2D eigenvalue weighted by Gasteiger charge is -2.27. The summed E-state index contributed by atoms with van der Waals surface area (Å²) in [5.41, 5.74) is 1.96. The summed E-state index contributed by atoms with van der Waals surface area (Å²) in [6.45, 7) is 1.24. The van der Waals surface area contributed by atoms with Crippen molar-refractivity contribution in [2.75, 3.05) is 11.4 Å². The average Bonchev–Trinajstić information content (AvgIpc) is 2.76. The first-order valence-corrected chi connectivity index (χ1v) is 6.34. The molecule has 4 aliphatic rings. The van der Waals surface area contributed by atoms with Gasteiger partial charge in [0.05, 0.1) is 5.60 Å². The minimum atomic E-state index is -0.481. The van der Waals surface area contributed by atoms with E-state index in [2.05, 4.69) is 29.2 Å². The van der Waals surface area contributed by atoms with E-state index in [1.807, 2.05) is 0 Å². The van der Waals surface area contributed by atoms with E-state index >= 15 is 0 Å². The third-order valence-electron chi connectivity index (χ3n) is 4.57. The Balaban J connectivity index is 1.60. The number of nitrogens with zero attached hydrogens (tertiary/aromatic N) is 1. The van der Waals surface area contributed by atoms with Crippen molar-refractivity contribution < 1.29 is 5.11 Å². The summed E-state index contributed by atoms with van der Waals surface area (Å²) < 4.78 is 0. The van der Waals surface area contributed by atoms with Crippen LogP contribution in [0.1, 0.15) is 31.2 Å². The molecule has 1 aromatic carbocycles. The first-order valence-electron chi connectivity index (χ1n) is 6.34. The number of benzene rings is 1. The zero-order chi connectivity index (χ0) is 10.8. The number of aliphatic hydroxyl groups is 1. The normalized spacial score (nSPS) is 33.7. The predicted molar refractivity (Wildman–Crippen MR) is 63.4 cm³/mol. The highest BCUT2D eigenvalue weighted by Gasteiger charge is 2.44. The molecule has 0 unspecified atom stereocenters. The summed E-state index contributed by atoms with van der Waals surface area (Å²) in [5.74, 6) is 0.956. The summed E-state index contributed by atoms with van der Waals surface area (Å²) >= 11 is 0. The fraction of sp³-hybridized carbons (Fsp3) is 0.571. The number of anilines is 1. The van der Waals surface area contributed by atoms with Crippen molar-refractivity contribution in [3.05, 3.63) is 29.8 Å². The van der Waals surface area contributed by atoms with Crippen LogP contribution in [0.15, 0.2) is 24.3 Å². The fourth-order valence-corrected chi connectivity index (χ4v) is 3.22. The van der Waals surface area contributed by atoms with Gasteiger partial charge in [-0.15, -0.1) is 0 Å². The van der Waals surface area contributed by atoms with E-state index < -0.39 is 5.60 Å². The van der Waals surface area contributed by atoms with E-state index in [-0.39, 0.29) is 0 Å². The highest BCUT2D eigenvalue weighted by Crippen LogP contribution is 2.47. The van der Waals surface area contributed by atoms with Crippen LogP contribution in [0.25, 0.3) is 0 Å². The van der Waals surface area contributed by atoms with Gasteiger partial charge in [0.25, 0.3) is 0 Å². The molecule has 0 aromatic heterocycles. The highest BCUT2D eigenvalue weighted by atomic mass is 16.3. The SMILES string of the molecule is OC1(c2ccc(N3CC4CC3C4)cc2)CC1. The summed E-state index contributed by atoms with van der Waals surface area (Å²) in [4.78, 5) is 2.53. The zero-order valence-corrected chi connectivity index (χ0v) is 9.39. The maximum atomic E-state index is 10.0. The second-order valence-corrected chi connectivity index (χ2v) is 5.72. The van der Waals surface area contributed by atoms with Crippen molar-refractivity contribution in [2.45, 2.75) is 37.3 Å². The Bertz CT molecular complexity index is 415. The lowest BCUT2D eigenvalue weighted by molar-refractivity contribution is 0.151. The maximum Gasteiger partial charge on any atom is 0.0899 e. The Labute approximate surface area is 95.9 Å². The molecule has 1 aromatic rings. The van der Waals surface area contributed by atoms with Gasteiger partial charge in [-0.05, 0) is 49.3 Å². The second-order valence-electron chi connectivity index (χ2n) is 5.72. The number of hydrogen-bond acceptors (Lipinski definition) is 2. The van der Waals surface area contributed by atoms with Crippen molar-refractivity contribution in [2.24, 2.45) is 5.92 Å². The third-order valence-corrected chi connectivity index (χ3v) is 4.57. The number of fused-ring (bicyclic) bond motifs is 1. The average molecular weight is 215 g/mol. The topological polar surface area (TPSA) is 23.5 Å². The van der Waals surface area contributed by atoms with Crippen LogP contribution in [0.5, 0.6) is 0 Å². The minimum Gasteiger partial charge on any atom is -0.385 e. The summed E-state index contributed by atoms with van der Waals surface area (Å²) in [6, 6.07) is 9.40. The molecule has 5 rings (SSSR count). The molecule has 4 fully saturated rings. The van der Waals surface area contributed by atoms with Crippen molar-refractivity contribution >= 4 is 5.69 Å². The van der Waals surface area contributed by atoms with Gasteiger partial charge in [0.2, 0.25) is 0 Å². The van der Waals surface area contributed by atoms with Crippen LogP contribution < -0.4 is 4.90 Å². The van der Waals surface area contributed by atoms with E-state index in [4.69, 9.17) is 0 Å². The Morgan fingerprint density at radius 1 is 1.12 bits per heavy atom. The molecule has 0 spiro atoms. The molecule has 1 N–H and O–H groups in total. The molecule has 0 amide bonds. The monoisotopic (exact) mass is 215 g/mol. The molecule has 2 bridgehead atoms. The third kappa shape index (κ3) is 1.17. The van der Waals surface area contributed by atoms with Gasteiger partial charge in [-0.1, -0.05) is 12.1 Å². The smallest absolute Gasteiger partial charge is 0.0899 e. The molecule has 0 atom stereocenters. The van der Waals surface area contributed by atoms with Crippen LogP contribution in [0, 0.1) is 5.92 Å². The van der Waals surface area contributed by atoms with Gasteiger partial charge in [-0.3, -0.25) is 0 Å². The van der Waals surface area contributed by atoms with E-state index in [0.29, 0.717) is 0 Å². The van der Waals surface area contributed by atoms with Gasteiger partial charge in [0, 0.05) is 18.3 Å². The molecule has 2 saturated carbocycles. The van der Waals surface area contributed by atoms with E-state index in [1.165, 1.54) is 25.1 Å². The first-order chi connectivity index (χ1) is 7.74. The molecule has 2 nitrogen and oxygen atoms in total. The van der Waals surface area contributed by atoms with Gasteiger partial charge >= 0.3 is 0 Å². The van der Waals surface area contributed by atoms with Crippen molar-refractivity contribution in [3.63, 3.8) is 0 Å². The second kappa shape index (κ2) is 2.80. The Kier molecular flexibility index (Phi) is 1.59. The quantitative estimate of drug-likeness (QED) is 0.818. The fourth-order valence-electron chi connectivity index (χ4n) is 3.22. The first kappa shape index (κ1) is 9.06. The summed E-state index contributed by atoms with van der Waals surface area (Å²) in [7, 11) is 0. The van der Waals surface area contributed by atoms with Gasteiger partial charge in [0.1, 0.15) is 0 Å². The van der Waals surface area contributed by atoms with Crippen molar-refractivity contribution in [3.8, 4) is 0 Å². The van der Waals surface area contributed by atoms with E-state index in [0.717, 1.165) is 30.4 Å². The Morgan fingerprint density at radius 3 is 2.31 bits per heavy atom. The van der Waals surface area contributed by atoms with Gasteiger partial charge in [-0.25, -0.2) is 0 Å². The largest absolute Gasteiger partial charge is 0.385 e. The predicted octanol–water partition coefficient (Wildman–Crippen LogP) is 2.27. The lowest BCUT2D eigenvalue weighted by Crippen LogP contribution is -2.28. The van der Waals surface area contributed by atoms with Crippen molar-refractivity contribution in [1.29, 1.82) is 0 Å². The highest BCUT2D eigenvalue weighted by molar-refractivity contribution is 5.52. The molecule has 2 heterocycles. The van der Waals surface area contributed by atoms with Crippen LogP contribution in [-0.4, -0.2) is 17.7 Å². The molecule has 2 saturated heterocycles. The molecular formula is C14H17NO. The van der Waals surface area contributed by atoms with Crippen molar-refractivity contribution in [1.82, 2.24) is 0 Å². The van der Waals surface area contributed by atoms with Crippen LogP contribution in [0.2, 0.25) is 0 Å². The molecule has 2 aliphatic heterocycles. The number of rotatable bonds is 2. The van der Waals surface area contributed by atoms with Crippen LogP contribution in [0.3, 0.4) is 0 Å². The molecule has 2 heteroatoms. The van der Waals surface area contributed by atoms with Crippen LogP contribution >= 0.6 is 0 Å². The Hall–Kier alpha value is -1.02. The summed E-state index contributed by atoms with van der Waals surface area (Å²) in [5, 5.41) is 10.0. The van der Waals surface area contributed by atoms with E-state index in [1.54, 1.807) is 0 Å². The molecule has 16 heavy (non-hydrogen) atoms. The van der Waals surface area contributed by atoms with Gasteiger partial charge < -0.3 is 10.0 Å². The summed E-state index contributed by atoms with van der Waals surface area (Å²) in [6.07, 6.45) is 4.65. The van der Waals surface area contributed by atoms with Crippen LogP contribution in [-0.2, 0) is 5.60 Å².